The lowest BCUT2D eigenvalue weighted by Crippen LogP contribution is -2.40. The number of nitrogens with one attached hydrogen (secondary N) is 2. The number of hydrogen-bond acceptors (Lipinski definition) is 4. The minimum absolute atomic E-state index is 0.0158. The third-order valence-corrected chi connectivity index (χ3v) is 4.68. The molecule has 1 unspecified atom stereocenters. The maximum absolute atomic E-state index is 9.57. The minimum atomic E-state index is -0.101. The van der Waals surface area contributed by atoms with Crippen molar-refractivity contribution in [1.29, 1.82) is 0 Å². The molecule has 1 aliphatic heterocycles. The van der Waals surface area contributed by atoms with Crippen LogP contribution in [-0.2, 0) is 0 Å². The summed E-state index contributed by atoms with van der Waals surface area (Å²) in [6, 6.07) is 8.10. The highest BCUT2D eigenvalue weighted by molar-refractivity contribution is 5.79. The third-order valence-electron chi connectivity index (χ3n) is 4.68. The van der Waals surface area contributed by atoms with Gasteiger partial charge in [-0.3, -0.25) is 0 Å². The number of nitrogens with zero attached hydrogens (tertiary/aromatic N) is 2. The first-order valence-electron chi connectivity index (χ1n) is 10.2. The molecule has 0 spiro atoms. The fourth-order valence-corrected chi connectivity index (χ4v) is 3.17. The quantitative estimate of drug-likeness (QED) is 0.350. The topological polar surface area (TPSA) is 69.1 Å². The molecule has 1 saturated heterocycles. The molecule has 0 amide bonds. The molecule has 1 atom stereocenters. The van der Waals surface area contributed by atoms with Crippen LogP contribution in [-0.4, -0.2) is 67.4 Å². The molecular weight excluding hydrogens is 340 g/mol. The predicted molar refractivity (Wildman–Crippen MR) is 112 cm³/mol. The van der Waals surface area contributed by atoms with Gasteiger partial charge in [0.25, 0.3) is 0 Å². The lowest BCUT2D eigenvalue weighted by Gasteiger charge is -2.29. The monoisotopic (exact) mass is 376 g/mol. The molecule has 0 bridgehead atoms. The summed E-state index contributed by atoms with van der Waals surface area (Å²) in [4.78, 5) is 7.08. The Hall–Kier alpha value is -1.79. The highest BCUT2D eigenvalue weighted by Gasteiger charge is 2.16. The second-order valence-electron chi connectivity index (χ2n) is 7.32. The van der Waals surface area contributed by atoms with Crippen molar-refractivity contribution in [3.05, 3.63) is 29.8 Å². The van der Waals surface area contributed by atoms with Gasteiger partial charge in [0.05, 0.1) is 12.6 Å². The van der Waals surface area contributed by atoms with Crippen LogP contribution in [0.4, 0.5) is 0 Å². The van der Waals surface area contributed by atoms with Crippen molar-refractivity contribution in [2.24, 2.45) is 4.99 Å². The van der Waals surface area contributed by atoms with Crippen molar-refractivity contribution < 1.29 is 9.84 Å². The zero-order valence-electron chi connectivity index (χ0n) is 17.1. The van der Waals surface area contributed by atoms with Crippen molar-refractivity contribution in [2.75, 3.05) is 39.3 Å². The third kappa shape index (κ3) is 8.63. The first-order valence-corrected chi connectivity index (χ1v) is 10.2. The minimum Gasteiger partial charge on any atom is -0.489 e. The van der Waals surface area contributed by atoms with E-state index < -0.39 is 0 Å². The molecule has 0 saturated carbocycles. The van der Waals surface area contributed by atoms with Gasteiger partial charge in [-0.2, -0.15) is 0 Å². The number of ether oxygens (including phenoxy) is 1. The van der Waals surface area contributed by atoms with Gasteiger partial charge in [0.1, 0.15) is 11.9 Å². The second-order valence-corrected chi connectivity index (χ2v) is 7.32. The van der Waals surface area contributed by atoms with E-state index in [9.17, 15) is 5.11 Å². The summed E-state index contributed by atoms with van der Waals surface area (Å²) in [5.74, 6) is 1.73. The van der Waals surface area contributed by atoms with Crippen LogP contribution in [0.5, 0.6) is 5.75 Å². The van der Waals surface area contributed by atoms with Gasteiger partial charge < -0.3 is 25.4 Å². The molecule has 0 aliphatic carbocycles. The SMILES string of the molecule is CCNC(=NCC(C)Oc1cccc(C)c1)NCCCN1CCC(O)CC1. The first kappa shape index (κ1) is 21.5. The van der Waals surface area contributed by atoms with Crippen molar-refractivity contribution in [2.45, 2.75) is 52.2 Å². The number of aliphatic imine (C=N–C) groups is 1. The number of benzene rings is 1. The van der Waals surface area contributed by atoms with E-state index in [2.05, 4.69) is 40.4 Å². The fraction of sp³-hybridized carbons (Fsp3) is 0.667. The van der Waals surface area contributed by atoms with E-state index in [1.54, 1.807) is 0 Å². The largest absolute Gasteiger partial charge is 0.489 e. The number of aliphatic hydroxyl groups is 1. The molecule has 1 fully saturated rings. The summed E-state index contributed by atoms with van der Waals surface area (Å²) in [5.41, 5.74) is 1.20. The van der Waals surface area contributed by atoms with Crippen LogP contribution in [0.25, 0.3) is 0 Å². The Kier molecular flexibility index (Phi) is 9.42. The molecular formula is C21H36N4O2. The van der Waals surface area contributed by atoms with Crippen molar-refractivity contribution >= 4 is 5.96 Å². The molecule has 0 aromatic heterocycles. The Labute approximate surface area is 164 Å². The van der Waals surface area contributed by atoms with Crippen molar-refractivity contribution in [3.63, 3.8) is 0 Å². The van der Waals surface area contributed by atoms with Gasteiger partial charge in [-0.25, -0.2) is 4.99 Å². The van der Waals surface area contributed by atoms with Gasteiger partial charge >= 0.3 is 0 Å². The van der Waals surface area contributed by atoms with E-state index >= 15 is 0 Å². The van der Waals surface area contributed by atoms with Gasteiger partial charge in [0.15, 0.2) is 5.96 Å². The molecule has 6 nitrogen and oxygen atoms in total. The molecule has 27 heavy (non-hydrogen) atoms. The van der Waals surface area contributed by atoms with Gasteiger partial charge in [0, 0.05) is 26.2 Å². The molecule has 1 aliphatic rings. The Bertz CT molecular complexity index is 571. The molecule has 2 rings (SSSR count). The molecule has 1 heterocycles. The van der Waals surface area contributed by atoms with Crippen LogP contribution in [0.2, 0.25) is 0 Å². The Morgan fingerprint density at radius 3 is 2.81 bits per heavy atom. The van der Waals surface area contributed by atoms with Crippen molar-refractivity contribution in [3.8, 4) is 5.75 Å². The number of aryl methyl sites for hydroxylation is 1. The van der Waals surface area contributed by atoms with Crippen LogP contribution in [0.15, 0.2) is 29.3 Å². The lowest BCUT2D eigenvalue weighted by molar-refractivity contribution is 0.0823. The Morgan fingerprint density at radius 2 is 2.11 bits per heavy atom. The zero-order valence-corrected chi connectivity index (χ0v) is 17.1. The van der Waals surface area contributed by atoms with Crippen LogP contribution < -0.4 is 15.4 Å². The average Bonchev–Trinajstić information content (AvgIpc) is 2.64. The smallest absolute Gasteiger partial charge is 0.191 e. The highest BCUT2D eigenvalue weighted by atomic mass is 16.5. The van der Waals surface area contributed by atoms with Crippen LogP contribution >= 0.6 is 0 Å². The molecule has 1 aromatic rings. The maximum Gasteiger partial charge on any atom is 0.191 e. The van der Waals surface area contributed by atoms with Crippen LogP contribution in [0.1, 0.15) is 38.7 Å². The number of guanidine groups is 1. The molecule has 3 N–H and O–H groups in total. The van der Waals surface area contributed by atoms with E-state index in [0.717, 1.165) is 63.7 Å². The van der Waals surface area contributed by atoms with Gasteiger partial charge in [-0.1, -0.05) is 12.1 Å². The average molecular weight is 377 g/mol. The number of hydrogen-bond donors (Lipinski definition) is 3. The lowest BCUT2D eigenvalue weighted by atomic mass is 10.1. The number of piperidine rings is 1. The van der Waals surface area contributed by atoms with Gasteiger partial charge in [0.2, 0.25) is 0 Å². The van der Waals surface area contributed by atoms with Gasteiger partial charge in [-0.05, 0) is 64.3 Å². The maximum atomic E-state index is 9.57. The van der Waals surface area contributed by atoms with E-state index in [1.807, 2.05) is 25.1 Å². The summed E-state index contributed by atoms with van der Waals surface area (Å²) in [7, 11) is 0. The molecule has 0 radical (unpaired) electrons. The summed E-state index contributed by atoms with van der Waals surface area (Å²) in [5, 5.41) is 16.3. The van der Waals surface area contributed by atoms with Crippen LogP contribution in [0.3, 0.4) is 0 Å². The Morgan fingerprint density at radius 1 is 1.33 bits per heavy atom. The summed E-state index contributed by atoms with van der Waals surface area (Å²) < 4.78 is 5.95. The summed E-state index contributed by atoms with van der Waals surface area (Å²) >= 11 is 0. The van der Waals surface area contributed by atoms with Gasteiger partial charge in [-0.15, -0.1) is 0 Å². The first-order chi connectivity index (χ1) is 13.1. The number of likely N-dealkylation sites (tertiary alicyclic amines) is 1. The Balaban J connectivity index is 1.69. The van der Waals surface area contributed by atoms with E-state index in [4.69, 9.17) is 4.74 Å². The van der Waals surface area contributed by atoms with E-state index in [-0.39, 0.29) is 12.2 Å². The normalized spacial score (nSPS) is 17.6. The van der Waals surface area contributed by atoms with E-state index in [0.29, 0.717) is 6.54 Å². The highest BCUT2D eigenvalue weighted by Crippen LogP contribution is 2.14. The standard InChI is InChI=1S/C21H36N4O2/c1-4-22-21(23-11-6-12-25-13-9-19(26)10-14-25)24-16-18(3)27-20-8-5-7-17(2)15-20/h5,7-8,15,18-19,26H,4,6,9-14,16H2,1-3H3,(H2,22,23,24). The predicted octanol–water partition coefficient (Wildman–Crippen LogP) is 2.16. The van der Waals surface area contributed by atoms with E-state index in [1.165, 1.54) is 5.56 Å². The van der Waals surface area contributed by atoms with Crippen LogP contribution in [0, 0.1) is 6.92 Å². The van der Waals surface area contributed by atoms with Crippen molar-refractivity contribution in [1.82, 2.24) is 15.5 Å². The number of rotatable bonds is 9. The molecule has 1 aromatic carbocycles. The summed E-state index contributed by atoms with van der Waals surface area (Å²) in [6.07, 6.45) is 2.78. The second kappa shape index (κ2) is 11.8. The summed E-state index contributed by atoms with van der Waals surface area (Å²) in [6.45, 7) is 11.6. The number of aliphatic hydroxyl groups excluding tert-OH is 1. The zero-order chi connectivity index (χ0) is 19.5. The molecule has 6 heteroatoms. The molecule has 152 valence electrons. The fourth-order valence-electron chi connectivity index (χ4n) is 3.17.